The molecule has 1 aromatic rings. The summed E-state index contributed by atoms with van der Waals surface area (Å²) in [6.45, 7) is 4.78. The number of aliphatic hydroxyl groups excluding tert-OH is 1. The molecule has 0 aromatic heterocycles. The maximum absolute atomic E-state index is 12.9. The second-order valence-electron chi connectivity index (χ2n) is 8.31. The van der Waals surface area contributed by atoms with E-state index in [0.717, 1.165) is 44.9 Å². The van der Waals surface area contributed by atoms with Crippen molar-refractivity contribution in [2.24, 2.45) is 0 Å². The molecule has 1 fully saturated rings. The van der Waals surface area contributed by atoms with Gasteiger partial charge < -0.3 is 10.0 Å². The molecule has 0 spiro atoms. The van der Waals surface area contributed by atoms with E-state index in [0.29, 0.717) is 18.7 Å². The van der Waals surface area contributed by atoms with E-state index in [1.54, 1.807) is 24.3 Å². The zero-order valence-electron chi connectivity index (χ0n) is 18.5. The third kappa shape index (κ3) is 7.36. The van der Waals surface area contributed by atoms with E-state index in [-0.39, 0.29) is 16.8 Å². The summed E-state index contributed by atoms with van der Waals surface area (Å²) in [5.74, 6) is -0.331. The third-order valence-corrected chi connectivity index (χ3v) is 7.31. The maximum atomic E-state index is 12.9. The van der Waals surface area contributed by atoms with E-state index in [9.17, 15) is 18.3 Å². The highest BCUT2D eigenvalue weighted by Crippen LogP contribution is 2.24. The lowest BCUT2D eigenvalue weighted by atomic mass is 10.0. The molecule has 2 N–H and O–H groups in total. The molecule has 2 unspecified atom stereocenters. The molecular formula is C23H38N2O4S. The van der Waals surface area contributed by atoms with Gasteiger partial charge in [0.05, 0.1) is 4.90 Å². The van der Waals surface area contributed by atoms with Crippen LogP contribution in [0.4, 0.5) is 5.69 Å². The standard InChI is InChI=1S/C23H38N2O4S/c1-3-5-7-8-10-12-19(11-9-6-4-2)24-30(28,29)21-15-13-20(14-16-21)25-18-17-22(26)23(25)27/h13-16,19,22,24,26H,3-12,17-18H2,1-2H3. The molecule has 170 valence electrons. The predicted molar refractivity (Wildman–Crippen MR) is 121 cm³/mol. The maximum Gasteiger partial charge on any atom is 0.255 e. The molecule has 2 atom stereocenters. The lowest BCUT2D eigenvalue weighted by Gasteiger charge is -2.20. The van der Waals surface area contributed by atoms with Crippen LogP contribution >= 0.6 is 0 Å². The first kappa shape index (κ1) is 24.8. The number of nitrogens with one attached hydrogen (secondary N) is 1. The van der Waals surface area contributed by atoms with Gasteiger partial charge in [0, 0.05) is 24.7 Å². The molecule has 1 aliphatic heterocycles. The largest absolute Gasteiger partial charge is 0.383 e. The van der Waals surface area contributed by atoms with Gasteiger partial charge in [0.2, 0.25) is 10.0 Å². The molecule has 1 saturated heterocycles. The van der Waals surface area contributed by atoms with Gasteiger partial charge in [-0.3, -0.25) is 4.79 Å². The Hall–Kier alpha value is -1.44. The molecular weight excluding hydrogens is 400 g/mol. The Kier molecular flexibility index (Phi) is 10.3. The number of unbranched alkanes of at least 4 members (excludes halogenated alkanes) is 6. The normalized spacial score (nSPS) is 18.2. The molecule has 0 aliphatic carbocycles. The Morgan fingerprint density at radius 2 is 1.57 bits per heavy atom. The minimum atomic E-state index is -3.61. The Morgan fingerprint density at radius 3 is 2.13 bits per heavy atom. The summed E-state index contributed by atoms with van der Waals surface area (Å²) < 4.78 is 28.8. The van der Waals surface area contributed by atoms with Crippen molar-refractivity contribution in [3.05, 3.63) is 24.3 Å². The number of hydrogen-bond donors (Lipinski definition) is 2. The van der Waals surface area contributed by atoms with E-state index < -0.39 is 16.1 Å². The van der Waals surface area contributed by atoms with Crippen LogP contribution in [0, 0.1) is 0 Å². The highest BCUT2D eigenvalue weighted by molar-refractivity contribution is 7.89. The smallest absolute Gasteiger partial charge is 0.255 e. The summed E-state index contributed by atoms with van der Waals surface area (Å²) >= 11 is 0. The van der Waals surface area contributed by atoms with Crippen molar-refractivity contribution in [2.45, 2.75) is 102 Å². The van der Waals surface area contributed by atoms with Crippen LogP contribution in [-0.2, 0) is 14.8 Å². The Morgan fingerprint density at radius 1 is 1.00 bits per heavy atom. The number of carbonyl (C=O) groups excluding carboxylic acids is 1. The Labute approximate surface area is 182 Å². The zero-order chi connectivity index (χ0) is 22.0. The fourth-order valence-corrected chi connectivity index (χ4v) is 5.22. The molecule has 7 heteroatoms. The summed E-state index contributed by atoms with van der Waals surface area (Å²) in [6, 6.07) is 6.32. The summed E-state index contributed by atoms with van der Waals surface area (Å²) in [5, 5.41) is 9.62. The first-order valence-electron chi connectivity index (χ1n) is 11.5. The lowest BCUT2D eigenvalue weighted by Crippen LogP contribution is -2.35. The van der Waals surface area contributed by atoms with Crippen LogP contribution in [0.2, 0.25) is 0 Å². The summed E-state index contributed by atoms with van der Waals surface area (Å²) in [6.07, 6.45) is 10.2. The van der Waals surface area contributed by atoms with E-state index in [1.807, 2.05) is 0 Å². The highest BCUT2D eigenvalue weighted by Gasteiger charge is 2.31. The van der Waals surface area contributed by atoms with Crippen molar-refractivity contribution in [1.82, 2.24) is 4.72 Å². The number of aliphatic hydroxyl groups is 1. The first-order valence-corrected chi connectivity index (χ1v) is 13.0. The Balaban J connectivity index is 2.00. The first-order chi connectivity index (χ1) is 14.4. The number of nitrogens with zero attached hydrogens (tertiary/aromatic N) is 1. The zero-order valence-corrected chi connectivity index (χ0v) is 19.3. The SMILES string of the molecule is CCCCCCCC(CCCCC)NS(=O)(=O)c1ccc(N2CCC(O)C2=O)cc1. The molecule has 2 rings (SSSR count). The van der Waals surface area contributed by atoms with Gasteiger partial charge >= 0.3 is 0 Å². The minimum Gasteiger partial charge on any atom is -0.383 e. The second-order valence-corrected chi connectivity index (χ2v) is 10.0. The van der Waals surface area contributed by atoms with Gasteiger partial charge in [-0.05, 0) is 37.1 Å². The van der Waals surface area contributed by atoms with E-state index in [1.165, 1.54) is 24.2 Å². The van der Waals surface area contributed by atoms with Crippen LogP contribution < -0.4 is 9.62 Å². The van der Waals surface area contributed by atoms with Crippen molar-refractivity contribution >= 4 is 21.6 Å². The molecule has 1 aromatic carbocycles. The van der Waals surface area contributed by atoms with Crippen molar-refractivity contribution in [1.29, 1.82) is 0 Å². The van der Waals surface area contributed by atoms with Crippen molar-refractivity contribution < 1.29 is 18.3 Å². The van der Waals surface area contributed by atoms with Crippen molar-refractivity contribution in [3.8, 4) is 0 Å². The average molecular weight is 439 g/mol. The monoisotopic (exact) mass is 438 g/mol. The fourth-order valence-electron chi connectivity index (χ4n) is 3.91. The highest BCUT2D eigenvalue weighted by atomic mass is 32.2. The molecule has 1 heterocycles. The predicted octanol–water partition coefficient (Wildman–Crippen LogP) is 4.37. The van der Waals surface area contributed by atoms with Gasteiger partial charge in [-0.1, -0.05) is 65.2 Å². The molecule has 0 saturated carbocycles. The number of anilines is 1. The van der Waals surface area contributed by atoms with Gasteiger partial charge in [-0.25, -0.2) is 13.1 Å². The Bertz CT molecular complexity index is 749. The molecule has 0 radical (unpaired) electrons. The van der Waals surface area contributed by atoms with Crippen LogP contribution in [0.15, 0.2) is 29.2 Å². The topological polar surface area (TPSA) is 86.7 Å². The van der Waals surface area contributed by atoms with Crippen LogP contribution in [0.25, 0.3) is 0 Å². The summed E-state index contributed by atoms with van der Waals surface area (Å²) in [5.41, 5.74) is 0.617. The van der Waals surface area contributed by atoms with Crippen molar-refractivity contribution in [3.63, 3.8) is 0 Å². The second kappa shape index (κ2) is 12.4. The van der Waals surface area contributed by atoms with Gasteiger partial charge in [0.25, 0.3) is 5.91 Å². The van der Waals surface area contributed by atoms with Gasteiger partial charge in [0.15, 0.2) is 0 Å². The fraction of sp³-hybridized carbons (Fsp3) is 0.696. The molecule has 30 heavy (non-hydrogen) atoms. The number of hydrogen-bond acceptors (Lipinski definition) is 4. The average Bonchev–Trinajstić information content (AvgIpc) is 3.06. The quantitative estimate of drug-likeness (QED) is 0.422. The number of amides is 1. The van der Waals surface area contributed by atoms with Gasteiger partial charge in [-0.2, -0.15) is 0 Å². The number of rotatable bonds is 14. The van der Waals surface area contributed by atoms with Crippen LogP contribution in [0.1, 0.15) is 84.5 Å². The molecule has 1 amide bonds. The summed E-state index contributed by atoms with van der Waals surface area (Å²) in [4.78, 5) is 13.7. The van der Waals surface area contributed by atoms with Crippen molar-refractivity contribution in [2.75, 3.05) is 11.4 Å². The van der Waals surface area contributed by atoms with Crippen LogP contribution in [0.3, 0.4) is 0 Å². The lowest BCUT2D eigenvalue weighted by molar-refractivity contribution is -0.123. The van der Waals surface area contributed by atoms with E-state index in [2.05, 4.69) is 18.6 Å². The molecule has 0 bridgehead atoms. The van der Waals surface area contributed by atoms with Gasteiger partial charge in [0.1, 0.15) is 6.10 Å². The third-order valence-electron chi connectivity index (χ3n) is 5.77. The number of sulfonamides is 1. The molecule has 6 nitrogen and oxygen atoms in total. The van der Waals surface area contributed by atoms with E-state index >= 15 is 0 Å². The van der Waals surface area contributed by atoms with Crippen LogP contribution in [0.5, 0.6) is 0 Å². The summed E-state index contributed by atoms with van der Waals surface area (Å²) in [7, 11) is -3.61. The molecule has 1 aliphatic rings. The van der Waals surface area contributed by atoms with Crippen LogP contribution in [-0.4, -0.2) is 38.1 Å². The minimum absolute atomic E-state index is 0.0434. The number of benzene rings is 1. The number of carbonyl (C=O) groups is 1. The van der Waals surface area contributed by atoms with E-state index in [4.69, 9.17) is 0 Å². The van der Waals surface area contributed by atoms with Gasteiger partial charge in [-0.15, -0.1) is 0 Å².